The highest BCUT2D eigenvalue weighted by Gasteiger charge is 2.15. The molecule has 0 saturated carbocycles. The number of sulfonamides is 1. The van der Waals surface area contributed by atoms with Crippen LogP contribution in [-0.4, -0.2) is 34.0 Å². The van der Waals surface area contributed by atoms with E-state index in [9.17, 15) is 13.2 Å². The van der Waals surface area contributed by atoms with Gasteiger partial charge in [0.2, 0.25) is 10.0 Å². The van der Waals surface area contributed by atoms with Gasteiger partial charge < -0.3 is 10.2 Å². The van der Waals surface area contributed by atoms with Gasteiger partial charge in [0, 0.05) is 36.6 Å². The lowest BCUT2D eigenvalue weighted by Crippen LogP contribution is -2.23. The van der Waals surface area contributed by atoms with E-state index in [-0.39, 0.29) is 17.3 Å². The van der Waals surface area contributed by atoms with Crippen LogP contribution in [-0.2, 0) is 10.0 Å². The molecule has 3 rings (SSSR count). The zero-order valence-electron chi connectivity index (χ0n) is 15.0. The molecular formula is C20H23N3O3S. The average molecular weight is 385 g/mol. The van der Waals surface area contributed by atoms with E-state index in [1.807, 2.05) is 24.3 Å². The first-order valence-electron chi connectivity index (χ1n) is 8.86. The van der Waals surface area contributed by atoms with E-state index in [4.69, 9.17) is 0 Å². The molecule has 0 spiro atoms. The van der Waals surface area contributed by atoms with E-state index in [1.165, 1.54) is 43.2 Å². The van der Waals surface area contributed by atoms with Crippen molar-refractivity contribution < 1.29 is 13.2 Å². The van der Waals surface area contributed by atoms with Crippen molar-refractivity contribution in [1.82, 2.24) is 4.72 Å². The first kappa shape index (κ1) is 19.1. The minimum absolute atomic E-state index is 0.107. The van der Waals surface area contributed by atoms with E-state index in [2.05, 4.69) is 21.5 Å². The Morgan fingerprint density at radius 3 is 2.26 bits per heavy atom. The molecule has 0 unspecified atom stereocenters. The van der Waals surface area contributed by atoms with Gasteiger partial charge >= 0.3 is 0 Å². The number of carbonyl (C=O) groups is 1. The first-order valence-corrected chi connectivity index (χ1v) is 10.3. The normalized spacial score (nSPS) is 14.1. The highest BCUT2D eigenvalue weighted by molar-refractivity contribution is 7.89. The fraction of sp³-hybridized carbons (Fsp3) is 0.250. The Kier molecular flexibility index (Phi) is 5.93. The minimum atomic E-state index is -3.59. The van der Waals surface area contributed by atoms with Crippen LogP contribution in [0, 0.1) is 0 Å². The van der Waals surface area contributed by atoms with Crippen LogP contribution in [0.1, 0.15) is 23.2 Å². The molecule has 142 valence electrons. The number of anilines is 2. The van der Waals surface area contributed by atoms with Gasteiger partial charge in [-0.15, -0.1) is 6.58 Å². The monoisotopic (exact) mass is 385 g/mol. The lowest BCUT2D eigenvalue weighted by molar-refractivity contribution is 0.102. The summed E-state index contributed by atoms with van der Waals surface area (Å²) >= 11 is 0. The van der Waals surface area contributed by atoms with Gasteiger partial charge in [-0.3, -0.25) is 4.79 Å². The number of hydrogen-bond donors (Lipinski definition) is 2. The standard InChI is InChI=1S/C20H23N3O3S/c1-2-13-21-27(25,26)19-11-5-16(6-12-19)20(24)22-17-7-9-18(10-8-17)23-14-3-4-15-23/h2,5-12,21H,1,3-4,13-15H2,(H,22,24). The highest BCUT2D eigenvalue weighted by Crippen LogP contribution is 2.22. The lowest BCUT2D eigenvalue weighted by Gasteiger charge is -2.17. The van der Waals surface area contributed by atoms with Crippen molar-refractivity contribution in [3.63, 3.8) is 0 Å². The predicted molar refractivity (Wildman–Crippen MR) is 108 cm³/mol. The van der Waals surface area contributed by atoms with E-state index < -0.39 is 10.0 Å². The number of rotatable bonds is 7. The minimum Gasteiger partial charge on any atom is -0.372 e. The molecular weight excluding hydrogens is 362 g/mol. The Morgan fingerprint density at radius 2 is 1.67 bits per heavy atom. The smallest absolute Gasteiger partial charge is 0.255 e. The van der Waals surface area contributed by atoms with Crippen molar-refractivity contribution >= 4 is 27.3 Å². The van der Waals surface area contributed by atoms with E-state index in [0.717, 1.165) is 18.8 Å². The Balaban J connectivity index is 1.64. The second-order valence-electron chi connectivity index (χ2n) is 6.36. The summed E-state index contributed by atoms with van der Waals surface area (Å²) < 4.78 is 26.5. The second-order valence-corrected chi connectivity index (χ2v) is 8.13. The fourth-order valence-corrected chi connectivity index (χ4v) is 3.97. The molecule has 27 heavy (non-hydrogen) atoms. The van der Waals surface area contributed by atoms with Crippen molar-refractivity contribution in [3.8, 4) is 0 Å². The molecule has 1 aliphatic heterocycles. The van der Waals surface area contributed by atoms with Gasteiger partial charge in [-0.05, 0) is 61.4 Å². The maximum atomic E-state index is 12.4. The van der Waals surface area contributed by atoms with Crippen LogP contribution in [0.3, 0.4) is 0 Å². The first-order chi connectivity index (χ1) is 13.0. The summed E-state index contributed by atoms with van der Waals surface area (Å²) in [6, 6.07) is 13.6. The van der Waals surface area contributed by atoms with Crippen LogP contribution in [0.5, 0.6) is 0 Å². The van der Waals surface area contributed by atoms with Crippen molar-refractivity contribution in [2.24, 2.45) is 0 Å². The summed E-state index contributed by atoms with van der Waals surface area (Å²) in [7, 11) is -3.59. The number of carbonyl (C=O) groups excluding carboxylic acids is 1. The fourth-order valence-electron chi connectivity index (χ4n) is 2.97. The van der Waals surface area contributed by atoms with Gasteiger partial charge in [0.05, 0.1) is 4.90 Å². The molecule has 1 aliphatic rings. The summed E-state index contributed by atoms with van der Waals surface area (Å²) in [4.78, 5) is 14.8. The third-order valence-electron chi connectivity index (χ3n) is 4.44. The van der Waals surface area contributed by atoms with Gasteiger partial charge in [0.1, 0.15) is 0 Å². The zero-order valence-corrected chi connectivity index (χ0v) is 15.8. The van der Waals surface area contributed by atoms with Crippen molar-refractivity contribution in [3.05, 3.63) is 66.7 Å². The molecule has 1 amide bonds. The predicted octanol–water partition coefficient (Wildman–Crippen LogP) is 3.00. The molecule has 0 atom stereocenters. The molecule has 1 saturated heterocycles. The summed E-state index contributed by atoms with van der Waals surface area (Å²) in [5, 5.41) is 2.83. The van der Waals surface area contributed by atoms with Crippen LogP contribution >= 0.6 is 0 Å². The van der Waals surface area contributed by atoms with Crippen LogP contribution in [0.4, 0.5) is 11.4 Å². The number of benzene rings is 2. The summed E-state index contributed by atoms with van der Waals surface area (Å²) in [6.45, 7) is 5.77. The number of amides is 1. The third kappa shape index (κ3) is 4.75. The van der Waals surface area contributed by atoms with Gasteiger partial charge in [0.25, 0.3) is 5.91 Å². The largest absolute Gasteiger partial charge is 0.372 e. The molecule has 0 bridgehead atoms. The molecule has 6 nitrogen and oxygen atoms in total. The molecule has 2 N–H and O–H groups in total. The molecule has 0 aliphatic carbocycles. The zero-order chi connectivity index (χ0) is 19.3. The van der Waals surface area contributed by atoms with Crippen molar-refractivity contribution in [2.75, 3.05) is 29.9 Å². The van der Waals surface area contributed by atoms with E-state index in [0.29, 0.717) is 11.3 Å². The van der Waals surface area contributed by atoms with Gasteiger partial charge in [-0.1, -0.05) is 6.08 Å². The van der Waals surface area contributed by atoms with Gasteiger partial charge in [-0.25, -0.2) is 13.1 Å². The Bertz CT molecular complexity index is 900. The Labute approximate surface area is 159 Å². The molecule has 2 aromatic carbocycles. The maximum absolute atomic E-state index is 12.4. The van der Waals surface area contributed by atoms with Crippen LogP contribution in [0.2, 0.25) is 0 Å². The number of hydrogen-bond acceptors (Lipinski definition) is 4. The third-order valence-corrected chi connectivity index (χ3v) is 5.88. The SMILES string of the molecule is C=CCNS(=O)(=O)c1ccc(C(=O)Nc2ccc(N3CCCC3)cc2)cc1. The van der Waals surface area contributed by atoms with Gasteiger partial charge in [-0.2, -0.15) is 0 Å². The lowest BCUT2D eigenvalue weighted by atomic mass is 10.2. The van der Waals surface area contributed by atoms with Gasteiger partial charge in [0.15, 0.2) is 0 Å². The van der Waals surface area contributed by atoms with Crippen molar-refractivity contribution in [1.29, 1.82) is 0 Å². The van der Waals surface area contributed by atoms with Crippen LogP contribution in [0.25, 0.3) is 0 Å². The second kappa shape index (κ2) is 8.37. The molecule has 0 aromatic heterocycles. The summed E-state index contributed by atoms with van der Waals surface area (Å²) in [5.41, 5.74) is 2.25. The molecule has 2 aromatic rings. The number of nitrogens with zero attached hydrogens (tertiary/aromatic N) is 1. The quantitative estimate of drug-likeness (QED) is 0.718. The van der Waals surface area contributed by atoms with Crippen LogP contribution < -0.4 is 14.9 Å². The van der Waals surface area contributed by atoms with Crippen molar-refractivity contribution in [2.45, 2.75) is 17.7 Å². The van der Waals surface area contributed by atoms with E-state index in [1.54, 1.807) is 0 Å². The molecule has 1 fully saturated rings. The van der Waals surface area contributed by atoms with E-state index >= 15 is 0 Å². The topological polar surface area (TPSA) is 78.5 Å². The van der Waals surface area contributed by atoms with Crippen LogP contribution in [0.15, 0.2) is 66.1 Å². The number of nitrogens with one attached hydrogen (secondary N) is 2. The average Bonchev–Trinajstić information content (AvgIpc) is 3.22. The Morgan fingerprint density at radius 1 is 1.04 bits per heavy atom. The molecule has 0 radical (unpaired) electrons. The maximum Gasteiger partial charge on any atom is 0.255 e. The Hall–Kier alpha value is -2.64. The summed E-state index contributed by atoms with van der Waals surface area (Å²) in [5.74, 6) is -0.285. The molecule has 7 heteroatoms. The highest BCUT2D eigenvalue weighted by atomic mass is 32.2. The summed E-state index contributed by atoms with van der Waals surface area (Å²) in [6.07, 6.45) is 3.90. The molecule has 1 heterocycles.